The standard InChI is InChI=1S/C22H21Cl2N3O8S/c1-30-7-8-32-22-20(35-17-9-13(31-2)3-5-15(17)24)21(25-19(11-23)26-22)27-36(28,29)14-4-6-16-18(10-14)34-12-33-16/h3-6,9-10H,7-8,11-12H2,1-2H3,(H,25,26,27). The van der Waals surface area contributed by atoms with E-state index in [0.717, 1.165) is 0 Å². The summed E-state index contributed by atoms with van der Waals surface area (Å²) in [7, 11) is -1.19. The molecule has 0 unspecified atom stereocenters. The summed E-state index contributed by atoms with van der Waals surface area (Å²) in [6.45, 7) is 0.322. The quantitative estimate of drug-likeness (QED) is 0.270. The first kappa shape index (κ1) is 25.9. The fourth-order valence-electron chi connectivity index (χ4n) is 3.04. The van der Waals surface area contributed by atoms with Crippen molar-refractivity contribution in [2.45, 2.75) is 10.8 Å². The molecule has 0 fully saturated rings. The predicted octanol–water partition coefficient (Wildman–Crippen LogP) is 4.22. The number of methoxy groups -OCH3 is 2. The number of benzene rings is 2. The number of nitrogens with one attached hydrogen (secondary N) is 1. The van der Waals surface area contributed by atoms with E-state index < -0.39 is 10.0 Å². The van der Waals surface area contributed by atoms with Crippen molar-refractivity contribution in [1.29, 1.82) is 0 Å². The Balaban J connectivity index is 1.78. The summed E-state index contributed by atoms with van der Waals surface area (Å²) in [6.07, 6.45) is 0. The van der Waals surface area contributed by atoms with E-state index in [1.165, 1.54) is 38.5 Å². The molecule has 1 aromatic heterocycles. The van der Waals surface area contributed by atoms with Gasteiger partial charge in [0.1, 0.15) is 23.9 Å². The van der Waals surface area contributed by atoms with Gasteiger partial charge in [0, 0.05) is 19.2 Å². The molecule has 1 aliphatic rings. The smallest absolute Gasteiger partial charge is 0.263 e. The molecule has 192 valence electrons. The van der Waals surface area contributed by atoms with Crippen LogP contribution >= 0.6 is 23.2 Å². The fourth-order valence-corrected chi connectivity index (χ4v) is 4.34. The molecule has 14 heteroatoms. The molecule has 1 N–H and O–H groups in total. The van der Waals surface area contributed by atoms with E-state index >= 15 is 0 Å². The zero-order chi connectivity index (χ0) is 25.7. The molecule has 2 heterocycles. The van der Waals surface area contributed by atoms with E-state index in [4.69, 9.17) is 51.6 Å². The number of hydrogen-bond donors (Lipinski definition) is 1. The van der Waals surface area contributed by atoms with Gasteiger partial charge in [-0.15, -0.1) is 11.6 Å². The van der Waals surface area contributed by atoms with Gasteiger partial charge in [0.05, 0.1) is 29.5 Å². The summed E-state index contributed by atoms with van der Waals surface area (Å²) < 4.78 is 61.5. The van der Waals surface area contributed by atoms with E-state index in [-0.39, 0.29) is 64.8 Å². The van der Waals surface area contributed by atoms with Crippen LogP contribution in [0, 0.1) is 0 Å². The van der Waals surface area contributed by atoms with Gasteiger partial charge in [0.2, 0.25) is 12.5 Å². The van der Waals surface area contributed by atoms with Crippen molar-refractivity contribution in [3.8, 4) is 34.6 Å². The Morgan fingerprint density at radius 2 is 1.86 bits per heavy atom. The molecule has 0 saturated carbocycles. The van der Waals surface area contributed by atoms with Gasteiger partial charge < -0.3 is 28.4 Å². The van der Waals surface area contributed by atoms with Gasteiger partial charge in [-0.05, 0) is 24.3 Å². The van der Waals surface area contributed by atoms with Crippen LogP contribution in [0.5, 0.6) is 34.6 Å². The first-order valence-corrected chi connectivity index (χ1v) is 12.8. The van der Waals surface area contributed by atoms with Gasteiger partial charge in [-0.25, -0.2) is 13.4 Å². The van der Waals surface area contributed by atoms with Crippen LogP contribution < -0.4 is 28.4 Å². The summed E-state index contributed by atoms with van der Waals surface area (Å²) in [6, 6.07) is 8.92. The van der Waals surface area contributed by atoms with Crippen molar-refractivity contribution >= 4 is 39.0 Å². The number of aromatic nitrogens is 2. The average Bonchev–Trinajstić information content (AvgIpc) is 3.34. The molecule has 0 spiro atoms. The summed E-state index contributed by atoms with van der Waals surface area (Å²) in [4.78, 5) is 8.39. The molecule has 0 radical (unpaired) electrons. The molecule has 0 aliphatic carbocycles. The van der Waals surface area contributed by atoms with Crippen LogP contribution in [0.2, 0.25) is 5.02 Å². The van der Waals surface area contributed by atoms with Crippen molar-refractivity contribution in [1.82, 2.24) is 9.97 Å². The summed E-state index contributed by atoms with van der Waals surface area (Å²) >= 11 is 12.3. The molecule has 0 atom stereocenters. The molecule has 0 amide bonds. The van der Waals surface area contributed by atoms with Crippen LogP contribution in [0.25, 0.3) is 0 Å². The Labute approximate surface area is 217 Å². The van der Waals surface area contributed by atoms with Gasteiger partial charge in [0.25, 0.3) is 15.9 Å². The maximum atomic E-state index is 13.3. The molecular weight excluding hydrogens is 537 g/mol. The van der Waals surface area contributed by atoms with Crippen molar-refractivity contribution in [2.75, 3.05) is 38.9 Å². The van der Waals surface area contributed by atoms with Crippen LogP contribution in [0.4, 0.5) is 5.82 Å². The monoisotopic (exact) mass is 557 g/mol. The molecule has 4 rings (SSSR count). The zero-order valence-corrected chi connectivity index (χ0v) is 21.4. The van der Waals surface area contributed by atoms with Crippen molar-refractivity contribution in [3.05, 3.63) is 47.2 Å². The van der Waals surface area contributed by atoms with Crippen LogP contribution in [-0.2, 0) is 20.6 Å². The number of nitrogens with zero attached hydrogens (tertiary/aromatic N) is 2. The minimum absolute atomic E-state index is 0.00128. The lowest BCUT2D eigenvalue weighted by Gasteiger charge is -2.18. The highest BCUT2D eigenvalue weighted by molar-refractivity contribution is 7.92. The molecule has 0 bridgehead atoms. The highest BCUT2D eigenvalue weighted by atomic mass is 35.5. The second-order valence-corrected chi connectivity index (χ2v) is 9.47. The second-order valence-electron chi connectivity index (χ2n) is 7.12. The summed E-state index contributed by atoms with van der Waals surface area (Å²) in [5, 5.41) is 0.227. The third kappa shape index (κ3) is 5.78. The molecule has 11 nitrogen and oxygen atoms in total. The van der Waals surface area contributed by atoms with Gasteiger partial charge >= 0.3 is 0 Å². The lowest BCUT2D eigenvalue weighted by Crippen LogP contribution is -2.17. The Morgan fingerprint density at radius 1 is 1.06 bits per heavy atom. The minimum Gasteiger partial charge on any atom is -0.497 e. The van der Waals surface area contributed by atoms with Crippen LogP contribution in [0.3, 0.4) is 0 Å². The van der Waals surface area contributed by atoms with Gasteiger partial charge in [0.15, 0.2) is 17.3 Å². The summed E-state index contributed by atoms with van der Waals surface area (Å²) in [5.74, 6) is 0.881. The number of ether oxygens (including phenoxy) is 6. The Bertz CT molecular complexity index is 1360. The van der Waals surface area contributed by atoms with Gasteiger partial charge in [-0.1, -0.05) is 11.6 Å². The maximum Gasteiger partial charge on any atom is 0.263 e. The van der Waals surface area contributed by atoms with Crippen molar-refractivity contribution in [2.24, 2.45) is 0 Å². The van der Waals surface area contributed by atoms with E-state index in [0.29, 0.717) is 17.2 Å². The normalized spacial score (nSPS) is 12.3. The number of fused-ring (bicyclic) bond motifs is 1. The maximum absolute atomic E-state index is 13.3. The van der Waals surface area contributed by atoms with E-state index in [1.54, 1.807) is 12.1 Å². The first-order valence-electron chi connectivity index (χ1n) is 10.4. The second kappa shape index (κ2) is 11.2. The minimum atomic E-state index is -4.18. The topological polar surface area (TPSA) is 127 Å². The fraction of sp³-hybridized carbons (Fsp3) is 0.273. The number of rotatable bonds is 11. The first-order chi connectivity index (χ1) is 17.3. The molecule has 0 saturated heterocycles. The third-order valence-electron chi connectivity index (χ3n) is 4.76. The van der Waals surface area contributed by atoms with Crippen LogP contribution in [0.15, 0.2) is 41.3 Å². The number of hydrogen-bond acceptors (Lipinski definition) is 10. The molecule has 1 aliphatic heterocycles. The molecule has 3 aromatic rings. The third-order valence-corrected chi connectivity index (χ3v) is 6.65. The van der Waals surface area contributed by atoms with Crippen LogP contribution in [0.1, 0.15) is 5.82 Å². The van der Waals surface area contributed by atoms with Crippen molar-refractivity contribution < 1.29 is 36.8 Å². The number of anilines is 1. The van der Waals surface area contributed by atoms with E-state index in [9.17, 15) is 8.42 Å². The largest absolute Gasteiger partial charge is 0.497 e. The Hall–Kier alpha value is -3.19. The van der Waals surface area contributed by atoms with Crippen molar-refractivity contribution in [3.63, 3.8) is 0 Å². The SMILES string of the molecule is COCCOc1nc(CCl)nc(NS(=O)(=O)c2ccc3c(c2)OCO3)c1Oc1cc(OC)ccc1Cl. The predicted molar refractivity (Wildman–Crippen MR) is 130 cm³/mol. The molecule has 2 aromatic carbocycles. The number of halogens is 2. The highest BCUT2D eigenvalue weighted by Crippen LogP contribution is 2.41. The number of sulfonamides is 1. The Kier molecular flexibility index (Phi) is 8.09. The summed E-state index contributed by atoms with van der Waals surface area (Å²) in [5.41, 5.74) is 0. The molecular formula is C22H21Cl2N3O8S. The number of alkyl halides is 1. The van der Waals surface area contributed by atoms with E-state index in [1.807, 2.05) is 0 Å². The highest BCUT2D eigenvalue weighted by Gasteiger charge is 2.26. The van der Waals surface area contributed by atoms with Crippen LogP contribution in [-0.4, -0.2) is 52.6 Å². The molecule has 36 heavy (non-hydrogen) atoms. The van der Waals surface area contributed by atoms with E-state index in [2.05, 4.69) is 14.7 Å². The Morgan fingerprint density at radius 3 is 2.61 bits per heavy atom. The average molecular weight is 558 g/mol. The van der Waals surface area contributed by atoms with Gasteiger partial charge in [-0.3, -0.25) is 4.72 Å². The lowest BCUT2D eigenvalue weighted by molar-refractivity contribution is 0.141. The lowest BCUT2D eigenvalue weighted by atomic mass is 10.3. The zero-order valence-electron chi connectivity index (χ0n) is 19.1. The van der Waals surface area contributed by atoms with Gasteiger partial charge in [-0.2, -0.15) is 4.98 Å².